The smallest absolute Gasteiger partial charge is 0.174 e. The highest BCUT2D eigenvalue weighted by atomic mass is 32.2. The molecule has 6 heteroatoms. The van der Waals surface area contributed by atoms with Crippen molar-refractivity contribution in [2.75, 3.05) is 0 Å². The molecule has 0 fully saturated rings. The van der Waals surface area contributed by atoms with Crippen LogP contribution in [0.4, 0.5) is 0 Å². The maximum absolute atomic E-state index is 5.05. The van der Waals surface area contributed by atoms with E-state index in [0.29, 0.717) is 0 Å². The molecule has 4 nitrogen and oxygen atoms in total. The Hall–Kier alpha value is -0.880. The van der Waals surface area contributed by atoms with Crippen LogP contribution in [-0.2, 0) is 5.75 Å². The van der Waals surface area contributed by atoms with E-state index in [1.54, 1.807) is 17.3 Å². The van der Waals surface area contributed by atoms with Gasteiger partial charge in [0.05, 0.1) is 11.4 Å². The topological polar surface area (TPSA) is 51.8 Å². The SMILES string of the molecule is Cc1cc(CSc2nncs2)on1. The molecule has 0 aliphatic carbocycles. The summed E-state index contributed by atoms with van der Waals surface area (Å²) in [6.45, 7) is 1.91. The van der Waals surface area contributed by atoms with Gasteiger partial charge < -0.3 is 4.52 Å². The fourth-order valence-electron chi connectivity index (χ4n) is 0.843. The molecular formula is C7H7N3OS2. The van der Waals surface area contributed by atoms with Crippen molar-refractivity contribution >= 4 is 23.1 Å². The Morgan fingerprint density at radius 2 is 2.54 bits per heavy atom. The van der Waals surface area contributed by atoms with Gasteiger partial charge >= 0.3 is 0 Å². The molecule has 0 unspecified atom stereocenters. The van der Waals surface area contributed by atoms with Crippen molar-refractivity contribution in [3.8, 4) is 0 Å². The van der Waals surface area contributed by atoms with E-state index in [9.17, 15) is 0 Å². The van der Waals surface area contributed by atoms with Gasteiger partial charge in [-0.15, -0.1) is 10.2 Å². The van der Waals surface area contributed by atoms with Crippen LogP contribution >= 0.6 is 23.1 Å². The molecule has 0 aliphatic rings. The highest BCUT2D eigenvalue weighted by molar-refractivity contribution is 8.00. The molecule has 2 rings (SSSR count). The van der Waals surface area contributed by atoms with Gasteiger partial charge in [-0.2, -0.15) is 0 Å². The highest BCUT2D eigenvalue weighted by Crippen LogP contribution is 2.23. The average Bonchev–Trinajstić information content (AvgIpc) is 2.71. The quantitative estimate of drug-likeness (QED) is 0.731. The maximum atomic E-state index is 5.05. The van der Waals surface area contributed by atoms with E-state index >= 15 is 0 Å². The lowest BCUT2D eigenvalue weighted by atomic mass is 10.4. The lowest BCUT2D eigenvalue weighted by Crippen LogP contribution is -1.75. The van der Waals surface area contributed by atoms with Crippen molar-refractivity contribution in [2.45, 2.75) is 17.0 Å². The molecule has 0 spiro atoms. The third kappa shape index (κ3) is 2.28. The number of hydrogen-bond acceptors (Lipinski definition) is 6. The Morgan fingerprint density at radius 1 is 1.62 bits per heavy atom. The van der Waals surface area contributed by atoms with Gasteiger partial charge in [0.15, 0.2) is 4.34 Å². The number of thioether (sulfide) groups is 1. The van der Waals surface area contributed by atoms with Gasteiger partial charge in [0, 0.05) is 6.07 Å². The van der Waals surface area contributed by atoms with Gasteiger partial charge in [-0.25, -0.2) is 0 Å². The summed E-state index contributed by atoms with van der Waals surface area (Å²) in [5.41, 5.74) is 2.63. The molecule has 0 bridgehead atoms. The summed E-state index contributed by atoms with van der Waals surface area (Å²) < 4.78 is 6.00. The number of nitrogens with zero attached hydrogens (tertiary/aromatic N) is 3. The normalized spacial score (nSPS) is 10.5. The van der Waals surface area contributed by atoms with Crippen molar-refractivity contribution in [2.24, 2.45) is 0 Å². The molecule has 2 aromatic rings. The highest BCUT2D eigenvalue weighted by Gasteiger charge is 2.03. The number of rotatable bonds is 3. The van der Waals surface area contributed by atoms with Crippen molar-refractivity contribution in [1.29, 1.82) is 0 Å². The van der Waals surface area contributed by atoms with E-state index in [1.807, 2.05) is 13.0 Å². The monoisotopic (exact) mass is 213 g/mol. The Labute approximate surface area is 83.4 Å². The standard InChI is InChI=1S/C7H7N3OS2/c1-5-2-6(11-10-5)3-12-7-9-8-4-13-7/h2,4H,3H2,1H3. The zero-order valence-corrected chi connectivity index (χ0v) is 8.56. The fraction of sp³-hybridized carbons (Fsp3) is 0.286. The molecule has 2 heterocycles. The van der Waals surface area contributed by atoms with Gasteiger partial charge in [0.25, 0.3) is 0 Å². The summed E-state index contributed by atoms with van der Waals surface area (Å²) in [4.78, 5) is 0. The fourth-order valence-corrected chi connectivity index (χ4v) is 2.21. The second-order valence-corrected chi connectivity index (χ2v) is 4.48. The maximum Gasteiger partial charge on any atom is 0.174 e. The molecule has 0 aliphatic heterocycles. The van der Waals surface area contributed by atoms with Crippen LogP contribution < -0.4 is 0 Å². The molecule has 0 atom stereocenters. The predicted octanol–water partition coefficient (Wildman–Crippen LogP) is 2.13. The first kappa shape index (κ1) is 8.71. The van der Waals surface area contributed by atoms with Crippen molar-refractivity contribution in [3.63, 3.8) is 0 Å². The number of aromatic nitrogens is 3. The second kappa shape index (κ2) is 3.89. The largest absolute Gasteiger partial charge is 0.360 e. The number of aryl methyl sites for hydroxylation is 1. The summed E-state index contributed by atoms with van der Waals surface area (Å²) in [5, 5.41) is 11.4. The molecule has 68 valence electrons. The van der Waals surface area contributed by atoms with E-state index in [0.717, 1.165) is 21.5 Å². The molecule has 0 saturated carbocycles. The summed E-state index contributed by atoms with van der Waals surface area (Å²) >= 11 is 3.13. The minimum atomic E-state index is 0.760. The minimum Gasteiger partial charge on any atom is -0.360 e. The summed E-state index contributed by atoms with van der Waals surface area (Å²) in [6, 6.07) is 1.92. The van der Waals surface area contributed by atoms with Crippen LogP contribution in [0, 0.1) is 6.92 Å². The zero-order chi connectivity index (χ0) is 9.10. The summed E-state index contributed by atoms with van der Waals surface area (Å²) in [5.74, 6) is 1.63. The van der Waals surface area contributed by atoms with E-state index in [2.05, 4.69) is 15.4 Å². The van der Waals surface area contributed by atoms with Crippen LogP contribution in [0.5, 0.6) is 0 Å². The molecular weight excluding hydrogens is 206 g/mol. The van der Waals surface area contributed by atoms with Crippen LogP contribution in [0.15, 0.2) is 20.4 Å². The van der Waals surface area contributed by atoms with Crippen LogP contribution in [0.25, 0.3) is 0 Å². The van der Waals surface area contributed by atoms with Gasteiger partial charge in [-0.05, 0) is 6.92 Å². The second-order valence-electron chi connectivity index (χ2n) is 2.43. The molecule has 2 aromatic heterocycles. The van der Waals surface area contributed by atoms with Crippen LogP contribution in [-0.4, -0.2) is 15.4 Å². The van der Waals surface area contributed by atoms with E-state index in [1.165, 1.54) is 11.3 Å². The molecule has 0 radical (unpaired) electrons. The first-order valence-electron chi connectivity index (χ1n) is 3.66. The zero-order valence-electron chi connectivity index (χ0n) is 6.93. The third-order valence-corrected chi connectivity index (χ3v) is 3.24. The van der Waals surface area contributed by atoms with E-state index in [-0.39, 0.29) is 0 Å². The summed E-state index contributed by atoms with van der Waals surface area (Å²) in [7, 11) is 0. The lowest BCUT2D eigenvalue weighted by molar-refractivity contribution is 0.391. The van der Waals surface area contributed by atoms with Crippen molar-refractivity contribution in [3.05, 3.63) is 23.0 Å². The van der Waals surface area contributed by atoms with E-state index < -0.39 is 0 Å². The Balaban J connectivity index is 1.93. The van der Waals surface area contributed by atoms with Crippen molar-refractivity contribution < 1.29 is 4.52 Å². The Kier molecular flexibility index (Phi) is 2.60. The summed E-state index contributed by atoms with van der Waals surface area (Å²) in [6.07, 6.45) is 0. The predicted molar refractivity (Wildman–Crippen MR) is 50.7 cm³/mol. The van der Waals surface area contributed by atoms with E-state index in [4.69, 9.17) is 4.52 Å². The van der Waals surface area contributed by atoms with Crippen molar-refractivity contribution in [1.82, 2.24) is 15.4 Å². The third-order valence-electron chi connectivity index (χ3n) is 1.35. The Bertz CT molecular complexity index is 371. The van der Waals surface area contributed by atoms with Crippen LogP contribution in [0.1, 0.15) is 11.5 Å². The molecule has 13 heavy (non-hydrogen) atoms. The molecule has 0 aromatic carbocycles. The van der Waals surface area contributed by atoms with Crippen LogP contribution in [0.2, 0.25) is 0 Å². The van der Waals surface area contributed by atoms with Crippen LogP contribution in [0.3, 0.4) is 0 Å². The first-order valence-corrected chi connectivity index (χ1v) is 5.52. The van der Waals surface area contributed by atoms with Gasteiger partial charge in [0.2, 0.25) is 0 Å². The average molecular weight is 213 g/mol. The minimum absolute atomic E-state index is 0.760. The van der Waals surface area contributed by atoms with Gasteiger partial charge in [-0.1, -0.05) is 28.3 Å². The number of hydrogen-bond donors (Lipinski definition) is 0. The lowest BCUT2D eigenvalue weighted by Gasteiger charge is -1.89. The molecule has 0 amide bonds. The van der Waals surface area contributed by atoms with Gasteiger partial charge in [-0.3, -0.25) is 0 Å². The molecule has 0 N–H and O–H groups in total. The Morgan fingerprint density at radius 3 is 3.15 bits per heavy atom. The first-order chi connectivity index (χ1) is 6.34. The van der Waals surface area contributed by atoms with Gasteiger partial charge in [0.1, 0.15) is 11.3 Å². The molecule has 0 saturated heterocycles.